The first-order valence-corrected chi connectivity index (χ1v) is 7.75. The van der Waals surface area contributed by atoms with Crippen LogP contribution in [0.4, 0.5) is 13.6 Å². The Morgan fingerprint density at radius 3 is 2.48 bits per heavy atom. The molecule has 2 amide bonds. The van der Waals surface area contributed by atoms with Crippen LogP contribution in [-0.4, -0.2) is 30.3 Å². The van der Waals surface area contributed by atoms with Gasteiger partial charge >= 0.3 is 6.03 Å². The molecule has 23 heavy (non-hydrogen) atoms. The van der Waals surface area contributed by atoms with Crippen molar-refractivity contribution in [2.45, 2.75) is 46.1 Å². The Bertz CT molecular complexity index is 533. The van der Waals surface area contributed by atoms with E-state index in [0.29, 0.717) is 18.5 Å². The molecule has 6 heteroatoms. The van der Waals surface area contributed by atoms with Gasteiger partial charge in [0.2, 0.25) is 0 Å². The average Bonchev–Trinajstić information content (AvgIpc) is 2.41. The van der Waals surface area contributed by atoms with Gasteiger partial charge in [-0.2, -0.15) is 0 Å². The minimum absolute atomic E-state index is 0.222. The summed E-state index contributed by atoms with van der Waals surface area (Å²) in [6, 6.07) is 3.08. The summed E-state index contributed by atoms with van der Waals surface area (Å²) in [7, 11) is 0. The van der Waals surface area contributed by atoms with Crippen LogP contribution in [0.25, 0.3) is 0 Å². The number of amides is 2. The maximum absolute atomic E-state index is 13.7. The highest BCUT2D eigenvalue weighted by Crippen LogP contribution is 2.21. The topological polar surface area (TPSA) is 61.4 Å². The number of carbonyl (C=O) groups excluding carboxylic acids is 1. The van der Waals surface area contributed by atoms with Crippen molar-refractivity contribution in [3.63, 3.8) is 0 Å². The lowest BCUT2D eigenvalue weighted by atomic mass is 9.87. The zero-order valence-electron chi connectivity index (χ0n) is 14.1. The molecule has 0 unspecified atom stereocenters. The Morgan fingerprint density at radius 2 is 1.91 bits per heavy atom. The molecule has 0 saturated carbocycles. The highest BCUT2D eigenvalue weighted by molar-refractivity contribution is 5.73. The summed E-state index contributed by atoms with van der Waals surface area (Å²) in [6.07, 6.45) is 0.140. The fourth-order valence-corrected chi connectivity index (χ4v) is 2.51. The molecule has 4 nitrogen and oxygen atoms in total. The molecule has 0 heterocycles. The second-order valence-corrected chi connectivity index (χ2v) is 6.85. The summed E-state index contributed by atoms with van der Waals surface area (Å²) in [5, 5.41) is 14.8. The fraction of sp³-hybridized carbons (Fsp3) is 0.588. The van der Waals surface area contributed by atoms with Crippen molar-refractivity contribution in [3.05, 3.63) is 35.4 Å². The van der Waals surface area contributed by atoms with Gasteiger partial charge in [-0.1, -0.05) is 26.8 Å². The lowest BCUT2D eigenvalue weighted by Crippen LogP contribution is -2.42. The van der Waals surface area contributed by atoms with Crippen molar-refractivity contribution in [3.8, 4) is 0 Å². The van der Waals surface area contributed by atoms with Gasteiger partial charge in [0.25, 0.3) is 0 Å². The van der Waals surface area contributed by atoms with Crippen LogP contribution in [-0.2, 0) is 0 Å². The molecule has 2 atom stereocenters. The van der Waals surface area contributed by atoms with E-state index in [0.717, 1.165) is 6.07 Å². The quantitative estimate of drug-likeness (QED) is 0.720. The lowest BCUT2D eigenvalue weighted by molar-refractivity contribution is 0.129. The zero-order valence-corrected chi connectivity index (χ0v) is 14.1. The predicted octanol–water partition coefficient (Wildman–Crippen LogP) is 3.16. The van der Waals surface area contributed by atoms with Gasteiger partial charge in [0, 0.05) is 25.1 Å². The molecule has 0 aliphatic carbocycles. The zero-order chi connectivity index (χ0) is 17.6. The number of aliphatic hydroxyl groups excluding tert-OH is 1. The van der Waals surface area contributed by atoms with E-state index in [1.165, 1.54) is 12.1 Å². The first kappa shape index (κ1) is 19.4. The van der Waals surface area contributed by atoms with Gasteiger partial charge in [0.05, 0.1) is 6.10 Å². The Morgan fingerprint density at radius 1 is 1.26 bits per heavy atom. The molecule has 0 aliphatic rings. The number of carbonyl (C=O) groups is 1. The van der Waals surface area contributed by atoms with Crippen molar-refractivity contribution in [2.75, 3.05) is 13.1 Å². The number of aliphatic hydroxyl groups is 1. The van der Waals surface area contributed by atoms with Crippen molar-refractivity contribution >= 4 is 6.03 Å². The second kappa shape index (κ2) is 8.24. The van der Waals surface area contributed by atoms with Gasteiger partial charge < -0.3 is 15.7 Å². The van der Waals surface area contributed by atoms with Crippen LogP contribution >= 0.6 is 0 Å². The first-order valence-electron chi connectivity index (χ1n) is 7.75. The summed E-state index contributed by atoms with van der Waals surface area (Å²) in [4.78, 5) is 11.8. The molecule has 1 rings (SSSR count). The van der Waals surface area contributed by atoms with Crippen LogP contribution in [0, 0.1) is 17.0 Å². The van der Waals surface area contributed by atoms with Crippen molar-refractivity contribution in [2.24, 2.45) is 5.41 Å². The van der Waals surface area contributed by atoms with Crippen molar-refractivity contribution in [1.82, 2.24) is 10.6 Å². The van der Waals surface area contributed by atoms with Crippen LogP contribution in [0.15, 0.2) is 18.2 Å². The van der Waals surface area contributed by atoms with E-state index in [-0.39, 0.29) is 23.9 Å². The van der Waals surface area contributed by atoms with Gasteiger partial charge in [0.15, 0.2) is 0 Å². The molecule has 0 fully saturated rings. The SMILES string of the molecule is C[C@@H](O)CC(C)(C)CNC(=O)NC[C@H](C)c1ccc(F)cc1F. The second-order valence-electron chi connectivity index (χ2n) is 6.85. The predicted molar refractivity (Wildman–Crippen MR) is 86.3 cm³/mol. The van der Waals surface area contributed by atoms with E-state index in [9.17, 15) is 18.7 Å². The van der Waals surface area contributed by atoms with Gasteiger partial charge in [-0.25, -0.2) is 13.6 Å². The van der Waals surface area contributed by atoms with Gasteiger partial charge in [-0.3, -0.25) is 0 Å². The number of hydrogen-bond donors (Lipinski definition) is 3. The molecule has 0 spiro atoms. The highest BCUT2D eigenvalue weighted by Gasteiger charge is 2.21. The van der Waals surface area contributed by atoms with Crippen LogP contribution in [0.1, 0.15) is 45.6 Å². The standard InChI is InChI=1S/C17H26F2N2O2/c1-11(14-6-5-13(18)7-15(14)19)9-20-16(23)21-10-17(3,4)8-12(2)22/h5-7,11-12,22H,8-10H2,1-4H3,(H2,20,21,23)/t11-,12+/m0/s1. The minimum atomic E-state index is -0.621. The Balaban J connectivity index is 2.44. The maximum atomic E-state index is 13.7. The number of halogens is 2. The molecular formula is C17H26F2N2O2. The number of benzene rings is 1. The van der Waals surface area contributed by atoms with Crippen molar-refractivity contribution in [1.29, 1.82) is 0 Å². The monoisotopic (exact) mass is 328 g/mol. The molecule has 1 aromatic carbocycles. The number of nitrogens with one attached hydrogen (secondary N) is 2. The molecule has 0 bridgehead atoms. The third-order valence-electron chi connectivity index (χ3n) is 3.64. The van der Waals surface area contributed by atoms with Crippen molar-refractivity contribution < 1.29 is 18.7 Å². The van der Waals surface area contributed by atoms with Gasteiger partial charge in [-0.15, -0.1) is 0 Å². The summed E-state index contributed by atoms with van der Waals surface area (Å²) in [5.74, 6) is -1.51. The smallest absolute Gasteiger partial charge is 0.314 e. The first-order chi connectivity index (χ1) is 10.6. The normalized spacial score (nSPS) is 14.2. The van der Waals surface area contributed by atoms with E-state index in [1.807, 2.05) is 13.8 Å². The van der Waals surface area contributed by atoms with Gasteiger partial charge in [-0.05, 0) is 30.4 Å². The summed E-state index contributed by atoms with van der Waals surface area (Å²) in [5.41, 5.74) is 0.140. The third-order valence-corrected chi connectivity index (χ3v) is 3.64. The third kappa shape index (κ3) is 6.95. The average molecular weight is 328 g/mol. The molecule has 3 N–H and O–H groups in total. The lowest BCUT2D eigenvalue weighted by Gasteiger charge is -2.26. The highest BCUT2D eigenvalue weighted by atomic mass is 19.1. The molecule has 0 aliphatic heterocycles. The fourth-order valence-electron chi connectivity index (χ4n) is 2.51. The summed E-state index contributed by atoms with van der Waals surface area (Å²) >= 11 is 0. The largest absolute Gasteiger partial charge is 0.393 e. The Kier molecular flexibility index (Phi) is 6.94. The van der Waals surface area contributed by atoms with Crippen LogP contribution < -0.4 is 10.6 Å². The Hall–Kier alpha value is -1.69. The number of hydrogen-bond acceptors (Lipinski definition) is 2. The molecule has 0 radical (unpaired) electrons. The van der Waals surface area contributed by atoms with Crippen LogP contribution in [0.5, 0.6) is 0 Å². The number of rotatable bonds is 7. The molecule has 130 valence electrons. The van der Waals surface area contributed by atoms with E-state index in [2.05, 4.69) is 10.6 Å². The molecule has 0 saturated heterocycles. The van der Waals surface area contributed by atoms with E-state index >= 15 is 0 Å². The van der Waals surface area contributed by atoms with E-state index in [1.54, 1.807) is 13.8 Å². The maximum Gasteiger partial charge on any atom is 0.314 e. The summed E-state index contributed by atoms with van der Waals surface area (Å²) in [6.45, 7) is 8.04. The van der Waals surface area contributed by atoms with Crippen LogP contribution in [0.2, 0.25) is 0 Å². The molecular weight excluding hydrogens is 302 g/mol. The van der Waals surface area contributed by atoms with E-state index < -0.39 is 17.7 Å². The molecule has 0 aromatic heterocycles. The molecule has 1 aromatic rings. The number of urea groups is 1. The van der Waals surface area contributed by atoms with Gasteiger partial charge in [0.1, 0.15) is 11.6 Å². The Labute approximate surface area is 136 Å². The summed E-state index contributed by atoms with van der Waals surface area (Å²) < 4.78 is 26.5. The van der Waals surface area contributed by atoms with Crippen LogP contribution in [0.3, 0.4) is 0 Å². The van der Waals surface area contributed by atoms with E-state index in [4.69, 9.17) is 0 Å². The minimum Gasteiger partial charge on any atom is -0.393 e.